The Morgan fingerprint density at radius 2 is 1.89 bits per heavy atom. The summed E-state index contributed by atoms with van der Waals surface area (Å²) in [7, 11) is 0. The molecule has 0 atom stereocenters. The van der Waals surface area contributed by atoms with Crippen LogP contribution in [0.5, 0.6) is 5.88 Å². The molecule has 0 radical (unpaired) electrons. The van der Waals surface area contributed by atoms with Crippen LogP contribution in [0.4, 0.5) is 5.82 Å². The lowest BCUT2D eigenvalue weighted by atomic mass is 10.2. The van der Waals surface area contributed by atoms with E-state index in [1.807, 2.05) is 30.3 Å². The summed E-state index contributed by atoms with van der Waals surface area (Å²) in [5, 5.41) is 0. The molecule has 0 bridgehead atoms. The van der Waals surface area contributed by atoms with Crippen LogP contribution in [0.15, 0.2) is 36.4 Å². The maximum atomic E-state index is 5.77. The molecular weight excluding hydrogens is 226 g/mol. The van der Waals surface area contributed by atoms with E-state index in [1.165, 1.54) is 0 Å². The number of benzene rings is 1. The topological polar surface area (TPSA) is 61.0 Å². The van der Waals surface area contributed by atoms with E-state index in [2.05, 4.69) is 23.8 Å². The van der Waals surface area contributed by atoms with Gasteiger partial charge in [-0.2, -0.15) is 4.98 Å². The molecule has 4 nitrogen and oxygen atoms in total. The van der Waals surface area contributed by atoms with Crippen molar-refractivity contribution in [3.63, 3.8) is 0 Å². The maximum Gasteiger partial charge on any atom is 0.219 e. The molecule has 2 N–H and O–H groups in total. The predicted octanol–water partition coefficient (Wildman–Crippen LogP) is 2.76. The summed E-state index contributed by atoms with van der Waals surface area (Å²) < 4.78 is 5.58. The highest BCUT2D eigenvalue weighted by Crippen LogP contribution is 2.20. The number of ether oxygens (including phenoxy) is 1. The van der Waals surface area contributed by atoms with Crippen molar-refractivity contribution < 1.29 is 4.74 Å². The largest absolute Gasteiger partial charge is 0.477 e. The van der Waals surface area contributed by atoms with Crippen LogP contribution in [0.3, 0.4) is 0 Å². The normalized spacial score (nSPS) is 10.6. The lowest BCUT2D eigenvalue weighted by molar-refractivity contribution is 0.261. The number of anilines is 1. The number of rotatable bonds is 4. The number of hydrogen-bond acceptors (Lipinski definition) is 4. The van der Waals surface area contributed by atoms with Gasteiger partial charge in [-0.25, -0.2) is 4.98 Å². The first-order valence-corrected chi connectivity index (χ1v) is 5.98. The molecule has 94 valence electrons. The van der Waals surface area contributed by atoms with Crippen LogP contribution >= 0.6 is 0 Å². The highest BCUT2D eigenvalue weighted by molar-refractivity contribution is 5.57. The van der Waals surface area contributed by atoms with Crippen LogP contribution in [-0.4, -0.2) is 16.6 Å². The summed E-state index contributed by atoms with van der Waals surface area (Å²) in [6, 6.07) is 11.4. The van der Waals surface area contributed by atoms with Crippen LogP contribution in [0.1, 0.15) is 13.8 Å². The highest BCUT2D eigenvalue weighted by Gasteiger charge is 2.06. The van der Waals surface area contributed by atoms with Gasteiger partial charge >= 0.3 is 0 Å². The molecule has 2 aromatic rings. The minimum absolute atomic E-state index is 0.419. The molecule has 0 aliphatic rings. The Morgan fingerprint density at radius 1 is 1.17 bits per heavy atom. The van der Waals surface area contributed by atoms with E-state index >= 15 is 0 Å². The van der Waals surface area contributed by atoms with Gasteiger partial charge in [-0.15, -0.1) is 0 Å². The Balaban J connectivity index is 2.27. The third kappa shape index (κ3) is 3.20. The average Bonchev–Trinajstić information content (AvgIpc) is 2.37. The van der Waals surface area contributed by atoms with E-state index in [9.17, 15) is 0 Å². The Labute approximate surface area is 107 Å². The van der Waals surface area contributed by atoms with Crippen molar-refractivity contribution >= 4 is 5.82 Å². The lowest BCUT2D eigenvalue weighted by Gasteiger charge is -2.09. The molecular formula is C14H17N3O. The Morgan fingerprint density at radius 3 is 2.56 bits per heavy atom. The van der Waals surface area contributed by atoms with Gasteiger partial charge in [0.25, 0.3) is 0 Å². The van der Waals surface area contributed by atoms with Crippen molar-refractivity contribution in [1.82, 2.24) is 9.97 Å². The fourth-order valence-electron chi connectivity index (χ4n) is 1.49. The van der Waals surface area contributed by atoms with E-state index in [0.29, 0.717) is 30.0 Å². The highest BCUT2D eigenvalue weighted by atomic mass is 16.5. The molecule has 1 aromatic heterocycles. The number of nitrogen functional groups attached to an aromatic ring is 1. The first-order valence-electron chi connectivity index (χ1n) is 5.98. The SMILES string of the molecule is CC(C)COc1cc(N)nc(-c2ccccc2)n1. The van der Waals surface area contributed by atoms with Gasteiger partial charge in [-0.1, -0.05) is 44.2 Å². The zero-order valence-electron chi connectivity index (χ0n) is 10.6. The van der Waals surface area contributed by atoms with Gasteiger partial charge in [0, 0.05) is 11.6 Å². The van der Waals surface area contributed by atoms with E-state index in [4.69, 9.17) is 10.5 Å². The maximum absolute atomic E-state index is 5.77. The number of hydrogen-bond donors (Lipinski definition) is 1. The first-order chi connectivity index (χ1) is 8.65. The van der Waals surface area contributed by atoms with Gasteiger partial charge in [-0.05, 0) is 5.92 Å². The van der Waals surface area contributed by atoms with Crippen molar-refractivity contribution in [2.24, 2.45) is 5.92 Å². The molecule has 2 rings (SSSR count). The van der Waals surface area contributed by atoms with Gasteiger partial charge in [0.05, 0.1) is 6.61 Å². The Bertz CT molecular complexity index is 512. The summed E-state index contributed by atoms with van der Waals surface area (Å²) in [5.74, 6) is 1.98. The van der Waals surface area contributed by atoms with Gasteiger partial charge in [-0.3, -0.25) is 0 Å². The second kappa shape index (κ2) is 5.49. The van der Waals surface area contributed by atoms with E-state index in [0.717, 1.165) is 5.56 Å². The smallest absolute Gasteiger partial charge is 0.219 e. The van der Waals surface area contributed by atoms with E-state index in [1.54, 1.807) is 6.07 Å². The molecule has 4 heteroatoms. The van der Waals surface area contributed by atoms with Gasteiger partial charge in [0.2, 0.25) is 5.88 Å². The van der Waals surface area contributed by atoms with Crippen molar-refractivity contribution in [2.45, 2.75) is 13.8 Å². The summed E-state index contributed by atoms with van der Waals surface area (Å²) in [6.07, 6.45) is 0. The van der Waals surface area contributed by atoms with Crippen LogP contribution in [-0.2, 0) is 0 Å². The zero-order valence-corrected chi connectivity index (χ0v) is 10.6. The van der Waals surface area contributed by atoms with Gasteiger partial charge in [0.15, 0.2) is 5.82 Å². The summed E-state index contributed by atoms with van der Waals surface area (Å²) in [6.45, 7) is 4.79. The van der Waals surface area contributed by atoms with E-state index in [-0.39, 0.29) is 0 Å². The van der Waals surface area contributed by atoms with Gasteiger partial charge in [0.1, 0.15) is 5.82 Å². The molecule has 1 heterocycles. The van der Waals surface area contributed by atoms with Crippen LogP contribution < -0.4 is 10.5 Å². The van der Waals surface area contributed by atoms with Crippen molar-refractivity contribution in [3.8, 4) is 17.3 Å². The predicted molar refractivity (Wildman–Crippen MR) is 72.2 cm³/mol. The third-order valence-electron chi connectivity index (χ3n) is 2.32. The molecule has 0 aliphatic heterocycles. The van der Waals surface area contributed by atoms with Gasteiger partial charge < -0.3 is 10.5 Å². The van der Waals surface area contributed by atoms with Crippen LogP contribution in [0, 0.1) is 5.92 Å². The summed E-state index contributed by atoms with van der Waals surface area (Å²) in [4.78, 5) is 8.58. The zero-order chi connectivity index (χ0) is 13.0. The quantitative estimate of drug-likeness (QED) is 0.897. The van der Waals surface area contributed by atoms with Crippen molar-refractivity contribution in [2.75, 3.05) is 12.3 Å². The minimum atomic E-state index is 0.419. The van der Waals surface area contributed by atoms with Crippen molar-refractivity contribution in [1.29, 1.82) is 0 Å². The molecule has 0 aliphatic carbocycles. The first kappa shape index (κ1) is 12.4. The Hall–Kier alpha value is -2.10. The third-order valence-corrected chi connectivity index (χ3v) is 2.32. The molecule has 0 saturated heterocycles. The molecule has 0 unspecified atom stereocenters. The monoisotopic (exact) mass is 243 g/mol. The second-order valence-electron chi connectivity index (χ2n) is 4.53. The molecule has 18 heavy (non-hydrogen) atoms. The molecule has 0 fully saturated rings. The van der Waals surface area contributed by atoms with Crippen LogP contribution in [0.2, 0.25) is 0 Å². The molecule has 1 aromatic carbocycles. The standard InChI is InChI=1S/C14H17N3O/c1-10(2)9-18-13-8-12(15)16-14(17-13)11-6-4-3-5-7-11/h3-8,10H,9H2,1-2H3,(H2,15,16,17). The second-order valence-corrected chi connectivity index (χ2v) is 4.53. The number of aromatic nitrogens is 2. The minimum Gasteiger partial charge on any atom is -0.477 e. The molecule has 0 spiro atoms. The lowest BCUT2D eigenvalue weighted by Crippen LogP contribution is -2.07. The number of nitrogens with two attached hydrogens (primary N) is 1. The van der Waals surface area contributed by atoms with E-state index < -0.39 is 0 Å². The number of nitrogens with zero attached hydrogens (tertiary/aromatic N) is 2. The van der Waals surface area contributed by atoms with Crippen LogP contribution in [0.25, 0.3) is 11.4 Å². The van der Waals surface area contributed by atoms with Crippen molar-refractivity contribution in [3.05, 3.63) is 36.4 Å². The fraction of sp³-hybridized carbons (Fsp3) is 0.286. The average molecular weight is 243 g/mol. The summed E-state index contributed by atoms with van der Waals surface area (Å²) in [5.41, 5.74) is 6.70. The fourth-order valence-corrected chi connectivity index (χ4v) is 1.49. The summed E-state index contributed by atoms with van der Waals surface area (Å²) >= 11 is 0. The molecule has 0 saturated carbocycles. The molecule has 0 amide bonds. The Kier molecular flexibility index (Phi) is 3.77.